The third-order valence-corrected chi connectivity index (χ3v) is 3.58. The van der Waals surface area contributed by atoms with E-state index in [0.29, 0.717) is 19.4 Å². The van der Waals surface area contributed by atoms with E-state index in [4.69, 9.17) is 4.74 Å². The maximum absolute atomic E-state index is 12.1. The largest absolute Gasteiger partial charge is 0.359 e. The van der Waals surface area contributed by atoms with E-state index in [1.165, 1.54) is 19.3 Å². The molecule has 1 saturated carbocycles. The molecule has 4 heteroatoms. The Morgan fingerprint density at radius 3 is 2.56 bits per heavy atom. The number of urea groups is 1. The van der Waals surface area contributed by atoms with Crippen LogP contribution in [-0.2, 0) is 4.74 Å². The average molecular weight is 226 g/mol. The van der Waals surface area contributed by atoms with Crippen molar-refractivity contribution in [2.45, 2.75) is 57.5 Å². The van der Waals surface area contributed by atoms with E-state index in [-0.39, 0.29) is 11.6 Å². The highest BCUT2D eigenvalue weighted by Gasteiger charge is 2.37. The summed E-state index contributed by atoms with van der Waals surface area (Å²) in [4.78, 5) is 13.9. The first-order valence-corrected chi connectivity index (χ1v) is 6.25. The lowest BCUT2D eigenvalue weighted by Crippen LogP contribution is -2.51. The quantitative estimate of drug-likeness (QED) is 0.744. The van der Waals surface area contributed by atoms with E-state index in [0.717, 1.165) is 12.8 Å². The Morgan fingerprint density at radius 2 is 2.00 bits per heavy atom. The van der Waals surface area contributed by atoms with Gasteiger partial charge in [-0.1, -0.05) is 19.3 Å². The monoisotopic (exact) mass is 226 g/mol. The molecule has 0 atom stereocenters. The second kappa shape index (κ2) is 4.62. The zero-order chi connectivity index (χ0) is 11.6. The first-order chi connectivity index (χ1) is 7.59. The van der Waals surface area contributed by atoms with Gasteiger partial charge in [-0.15, -0.1) is 0 Å². The van der Waals surface area contributed by atoms with Gasteiger partial charge in [0, 0.05) is 6.04 Å². The van der Waals surface area contributed by atoms with Gasteiger partial charge in [0.1, 0.15) is 6.73 Å². The maximum atomic E-state index is 12.1. The number of carbonyl (C=O) groups is 1. The minimum atomic E-state index is -0.168. The predicted molar refractivity (Wildman–Crippen MR) is 62.1 cm³/mol. The first-order valence-electron chi connectivity index (χ1n) is 6.25. The Hall–Kier alpha value is -0.770. The van der Waals surface area contributed by atoms with Gasteiger partial charge >= 0.3 is 6.03 Å². The van der Waals surface area contributed by atoms with Crippen LogP contribution in [0.2, 0.25) is 0 Å². The van der Waals surface area contributed by atoms with E-state index >= 15 is 0 Å². The average Bonchev–Trinajstić information content (AvgIpc) is 2.59. The normalized spacial score (nSPS) is 25.8. The summed E-state index contributed by atoms with van der Waals surface area (Å²) >= 11 is 0. The summed E-state index contributed by atoms with van der Waals surface area (Å²) in [5.74, 6) is 0. The van der Waals surface area contributed by atoms with Gasteiger partial charge in [-0.2, -0.15) is 0 Å². The first kappa shape index (κ1) is 11.7. The lowest BCUT2D eigenvalue weighted by Gasteiger charge is -2.32. The van der Waals surface area contributed by atoms with Gasteiger partial charge in [-0.3, -0.25) is 4.90 Å². The molecule has 0 unspecified atom stereocenters. The maximum Gasteiger partial charge on any atom is 0.319 e. The molecule has 1 N–H and O–H groups in total. The molecule has 0 aromatic carbocycles. The predicted octanol–water partition coefficient (Wildman–Crippen LogP) is 2.10. The van der Waals surface area contributed by atoms with Crippen LogP contribution in [0, 0.1) is 0 Å². The SMILES string of the molecule is CC1(C)COCN1C(=O)NC1CCCCC1. The summed E-state index contributed by atoms with van der Waals surface area (Å²) in [5, 5.41) is 3.12. The molecule has 1 heterocycles. The molecule has 2 rings (SSSR count). The molecule has 0 spiro atoms. The number of nitrogens with one attached hydrogen (secondary N) is 1. The van der Waals surface area contributed by atoms with Crippen LogP contribution in [0.5, 0.6) is 0 Å². The van der Waals surface area contributed by atoms with Crippen molar-refractivity contribution < 1.29 is 9.53 Å². The summed E-state index contributed by atoms with van der Waals surface area (Å²) < 4.78 is 5.35. The fraction of sp³-hybridized carbons (Fsp3) is 0.917. The van der Waals surface area contributed by atoms with Crippen molar-refractivity contribution in [1.82, 2.24) is 10.2 Å². The van der Waals surface area contributed by atoms with Crippen LogP contribution in [-0.4, -0.2) is 35.8 Å². The van der Waals surface area contributed by atoms with Crippen LogP contribution < -0.4 is 5.32 Å². The second-order valence-electron chi connectivity index (χ2n) is 5.50. The van der Waals surface area contributed by atoms with Crippen LogP contribution >= 0.6 is 0 Å². The van der Waals surface area contributed by atoms with Gasteiger partial charge in [0.25, 0.3) is 0 Å². The van der Waals surface area contributed by atoms with E-state index in [9.17, 15) is 4.79 Å². The van der Waals surface area contributed by atoms with E-state index in [1.807, 2.05) is 13.8 Å². The molecule has 0 bridgehead atoms. The molecule has 1 aliphatic heterocycles. The molecule has 2 fully saturated rings. The Balaban J connectivity index is 1.87. The van der Waals surface area contributed by atoms with Gasteiger partial charge < -0.3 is 10.1 Å². The fourth-order valence-corrected chi connectivity index (χ4v) is 2.47. The number of carbonyl (C=O) groups excluding carboxylic acids is 1. The molecule has 1 saturated heterocycles. The number of rotatable bonds is 1. The lowest BCUT2D eigenvalue weighted by molar-refractivity contribution is 0.135. The number of nitrogens with zero attached hydrogens (tertiary/aromatic N) is 1. The number of hydrogen-bond acceptors (Lipinski definition) is 2. The molecule has 4 nitrogen and oxygen atoms in total. The molecular weight excluding hydrogens is 204 g/mol. The minimum absolute atomic E-state index is 0.0365. The van der Waals surface area contributed by atoms with Crippen molar-refractivity contribution >= 4 is 6.03 Å². The molecule has 2 aliphatic rings. The summed E-state index contributed by atoms with van der Waals surface area (Å²) in [6.45, 7) is 5.14. The van der Waals surface area contributed by atoms with E-state index < -0.39 is 0 Å². The summed E-state index contributed by atoms with van der Waals surface area (Å²) in [6, 6.07) is 0.409. The van der Waals surface area contributed by atoms with Crippen molar-refractivity contribution in [3.63, 3.8) is 0 Å². The van der Waals surface area contributed by atoms with Crippen LogP contribution in [0.25, 0.3) is 0 Å². The number of ether oxygens (including phenoxy) is 1. The topological polar surface area (TPSA) is 41.6 Å². The lowest BCUT2D eigenvalue weighted by atomic mass is 9.95. The highest BCUT2D eigenvalue weighted by molar-refractivity contribution is 5.75. The zero-order valence-corrected chi connectivity index (χ0v) is 10.3. The van der Waals surface area contributed by atoms with E-state index in [2.05, 4.69) is 5.32 Å². The summed E-state index contributed by atoms with van der Waals surface area (Å²) in [5.41, 5.74) is -0.168. The highest BCUT2D eigenvalue weighted by atomic mass is 16.5. The van der Waals surface area contributed by atoms with Crippen LogP contribution in [0.1, 0.15) is 46.0 Å². The van der Waals surface area contributed by atoms with Crippen molar-refractivity contribution in [3.05, 3.63) is 0 Å². The zero-order valence-electron chi connectivity index (χ0n) is 10.3. The molecule has 0 aromatic heterocycles. The smallest absolute Gasteiger partial charge is 0.319 e. The molecule has 0 aromatic rings. The van der Waals surface area contributed by atoms with Crippen molar-refractivity contribution in [1.29, 1.82) is 0 Å². The Bertz CT molecular complexity index is 260. The molecule has 0 radical (unpaired) electrons. The molecular formula is C12H22N2O2. The number of hydrogen-bond donors (Lipinski definition) is 1. The van der Waals surface area contributed by atoms with Gasteiger partial charge in [-0.05, 0) is 26.7 Å². The van der Waals surface area contributed by atoms with Crippen molar-refractivity contribution in [3.8, 4) is 0 Å². The summed E-state index contributed by atoms with van der Waals surface area (Å²) in [6.07, 6.45) is 6.04. The molecule has 16 heavy (non-hydrogen) atoms. The molecule has 2 amide bonds. The Kier molecular flexibility index (Phi) is 3.38. The third kappa shape index (κ3) is 2.48. The van der Waals surface area contributed by atoms with Gasteiger partial charge in [0.2, 0.25) is 0 Å². The van der Waals surface area contributed by atoms with Crippen molar-refractivity contribution in [2.24, 2.45) is 0 Å². The van der Waals surface area contributed by atoms with E-state index in [1.54, 1.807) is 4.90 Å². The molecule has 92 valence electrons. The van der Waals surface area contributed by atoms with Crippen LogP contribution in [0.4, 0.5) is 4.79 Å². The van der Waals surface area contributed by atoms with Crippen LogP contribution in [0.15, 0.2) is 0 Å². The summed E-state index contributed by atoms with van der Waals surface area (Å²) in [7, 11) is 0. The van der Waals surface area contributed by atoms with Crippen LogP contribution in [0.3, 0.4) is 0 Å². The third-order valence-electron chi connectivity index (χ3n) is 3.58. The van der Waals surface area contributed by atoms with Gasteiger partial charge in [0.15, 0.2) is 0 Å². The minimum Gasteiger partial charge on any atom is -0.359 e. The fourth-order valence-electron chi connectivity index (χ4n) is 2.47. The van der Waals surface area contributed by atoms with Gasteiger partial charge in [0.05, 0.1) is 12.1 Å². The second-order valence-corrected chi connectivity index (χ2v) is 5.50. The Morgan fingerprint density at radius 1 is 1.31 bits per heavy atom. The Labute approximate surface area is 97.3 Å². The number of amides is 2. The van der Waals surface area contributed by atoms with Gasteiger partial charge in [-0.25, -0.2) is 4.79 Å². The molecule has 1 aliphatic carbocycles. The highest BCUT2D eigenvalue weighted by Crippen LogP contribution is 2.23. The van der Waals surface area contributed by atoms with Crippen molar-refractivity contribution in [2.75, 3.05) is 13.3 Å². The standard InChI is InChI=1S/C12H22N2O2/c1-12(2)8-16-9-14(12)11(15)13-10-6-4-3-5-7-10/h10H,3-9H2,1-2H3,(H,13,15).